The normalized spacial score (nSPS) is 15.6. The molecule has 0 fully saturated rings. The van der Waals surface area contributed by atoms with Crippen molar-refractivity contribution in [3.63, 3.8) is 0 Å². The van der Waals surface area contributed by atoms with Crippen LogP contribution in [0.4, 0.5) is 17.1 Å². The van der Waals surface area contributed by atoms with Gasteiger partial charge in [0.1, 0.15) is 0 Å². The van der Waals surface area contributed by atoms with Gasteiger partial charge in [0, 0.05) is 81.6 Å². The summed E-state index contributed by atoms with van der Waals surface area (Å²) in [5, 5.41) is 8.87. The van der Waals surface area contributed by atoms with Crippen LogP contribution in [0.15, 0.2) is 66.7 Å². The van der Waals surface area contributed by atoms with Gasteiger partial charge in [-0.2, -0.15) is 0 Å². The number of carbonyl (C=O) groups is 1. The first-order chi connectivity index (χ1) is 21.3. The van der Waals surface area contributed by atoms with Crippen LogP contribution in [0.2, 0.25) is 0 Å². The molecule has 0 amide bonds. The number of benzene rings is 3. The Bertz CT molecular complexity index is 1330. The first-order valence-electron chi connectivity index (χ1n) is 15.3. The van der Waals surface area contributed by atoms with Crippen molar-refractivity contribution in [3.05, 3.63) is 89.0 Å². The molecule has 4 rings (SSSR count). The van der Waals surface area contributed by atoms with Gasteiger partial charge in [-0.25, -0.2) is 4.79 Å². The SMILES string of the molecule is CCCOCCN(CCOCCOCCO)c1ccc(C2(c3ccc(N(C)C)cc3)OC(=O)c3cc(N(C)C)ccc32)cc1. The average molecular weight is 606 g/mol. The van der Waals surface area contributed by atoms with Crippen LogP contribution in [0.5, 0.6) is 0 Å². The Morgan fingerprint density at radius 1 is 0.682 bits per heavy atom. The number of carbonyl (C=O) groups excluding carboxylic acids is 1. The maximum atomic E-state index is 13.4. The summed E-state index contributed by atoms with van der Waals surface area (Å²) in [4.78, 5) is 19.7. The van der Waals surface area contributed by atoms with Crippen molar-refractivity contribution in [3.8, 4) is 0 Å². The number of aliphatic hydroxyl groups excluding tert-OH is 1. The van der Waals surface area contributed by atoms with Gasteiger partial charge < -0.3 is 38.8 Å². The van der Waals surface area contributed by atoms with Crippen LogP contribution in [0, 0.1) is 0 Å². The molecule has 0 aliphatic carbocycles. The molecule has 238 valence electrons. The number of nitrogens with zero attached hydrogens (tertiary/aromatic N) is 3. The maximum absolute atomic E-state index is 13.4. The zero-order valence-electron chi connectivity index (χ0n) is 26.8. The van der Waals surface area contributed by atoms with Gasteiger partial charge in [-0.1, -0.05) is 37.3 Å². The monoisotopic (exact) mass is 605 g/mol. The molecule has 1 aliphatic rings. The third-order valence-corrected chi connectivity index (χ3v) is 7.76. The van der Waals surface area contributed by atoms with Crippen LogP contribution in [0.25, 0.3) is 0 Å². The van der Waals surface area contributed by atoms with Crippen LogP contribution in [-0.2, 0) is 24.5 Å². The van der Waals surface area contributed by atoms with E-state index in [0.717, 1.165) is 46.8 Å². The van der Waals surface area contributed by atoms with E-state index in [1.54, 1.807) is 0 Å². The van der Waals surface area contributed by atoms with Gasteiger partial charge in [-0.15, -0.1) is 0 Å². The minimum Gasteiger partial charge on any atom is -0.441 e. The van der Waals surface area contributed by atoms with Crippen LogP contribution in [0.3, 0.4) is 0 Å². The Kier molecular flexibility index (Phi) is 12.0. The molecular formula is C35H47N3O6. The Balaban J connectivity index is 1.65. The number of fused-ring (bicyclic) bond motifs is 1. The van der Waals surface area contributed by atoms with Gasteiger partial charge >= 0.3 is 5.97 Å². The summed E-state index contributed by atoms with van der Waals surface area (Å²) >= 11 is 0. The molecule has 0 spiro atoms. The number of esters is 1. The first kappa shape index (κ1) is 33.3. The fraction of sp³-hybridized carbons (Fsp3) is 0.457. The topological polar surface area (TPSA) is 83.9 Å². The van der Waals surface area contributed by atoms with Crippen LogP contribution < -0.4 is 14.7 Å². The Hall–Kier alpha value is -3.63. The fourth-order valence-corrected chi connectivity index (χ4v) is 5.38. The van der Waals surface area contributed by atoms with E-state index in [9.17, 15) is 4.79 Å². The number of aliphatic hydroxyl groups is 1. The third kappa shape index (κ3) is 7.71. The number of ether oxygens (including phenoxy) is 4. The Labute approximate surface area is 261 Å². The molecule has 1 unspecified atom stereocenters. The number of anilines is 3. The van der Waals surface area contributed by atoms with Gasteiger partial charge in [0.15, 0.2) is 5.60 Å². The molecule has 0 saturated heterocycles. The molecule has 1 N–H and O–H groups in total. The second-order valence-corrected chi connectivity index (χ2v) is 11.2. The van der Waals surface area contributed by atoms with Crippen molar-refractivity contribution < 1.29 is 28.8 Å². The van der Waals surface area contributed by atoms with Crippen molar-refractivity contribution in [1.29, 1.82) is 0 Å². The van der Waals surface area contributed by atoms with Gasteiger partial charge in [0.25, 0.3) is 0 Å². The summed E-state index contributed by atoms with van der Waals surface area (Å²) < 4.78 is 23.3. The maximum Gasteiger partial charge on any atom is 0.340 e. The molecular weight excluding hydrogens is 558 g/mol. The largest absolute Gasteiger partial charge is 0.441 e. The molecule has 0 bridgehead atoms. The standard InChI is InChI=1S/C35H47N3O6/c1-6-20-41-21-17-38(18-22-42-24-25-43-23-19-39)30-13-9-28(10-14-30)35(27-7-11-29(12-8-27)36(2)3)33-16-15-31(37(4)5)26-32(33)34(40)44-35/h7-16,26,39H,6,17-25H2,1-5H3. The predicted octanol–water partition coefficient (Wildman–Crippen LogP) is 4.54. The summed E-state index contributed by atoms with van der Waals surface area (Å²) in [6.07, 6.45) is 0.972. The van der Waals surface area contributed by atoms with E-state index in [2.05, 4.69) is 48.2 Å². The Morgan fingerprint density at radius 2 is 1.20 bits per heavy atom. The molecule has 1 heterocycles. The molecule has 0 radical (unpaired) electrons. The van der Waals surface area contributed by atoms with Crippen molar-refractivity contribution in [2.75, 3.05) is 102 Å². The van der Waals surface area contributed by atoms with E-state index in [4.69, 9.17) is 24.1 Å². The minimum atomic E-state index is -1.08. The van der Waals surface area contributed by atoms with Gasteiger partial charge in [-0.3, -0.25) is 0 Å². The number of cyclic esters (lactones) is 1. The highest BCUT2D eigenvalue weighted by atomic mass is 16.6. The van der Waals surface area contributed by atoms with Gasteiger partial charge in [-0.05, 0) is 42.8 Å². The minimum absolute atomic E-state index is 0.00607. The van der Waals surface area contributed by atoms with E-state index in [0.29, 0.717) is 51.7 Å². The fourth-order valence-electron chi connectivity index (χ4n) is 5.38. The van der Waals surface area contributed by atoms with E-state index >= 15 is 0 Å². The number of rotatable bonds is 18. The number of hydrogen-bond acceptors (Lipinski definition) is 9. The molecule has 0 saturated carbocycles. The van der Waals surface area contributed by atoms with E-state index in [1.165, 1.54) is 0 Å². The molecule has 3 aromatic carbocycles. The van der Waals surface area contributed by atoms with E-state index < -0.39 is 5.60 Å². The van der Waals surface area contributed by atoms with E-state index in [-0.39, 0.29) is 12.6 Å². The molecule has 9 nitrogen and oxygen atoms in total. The number of hydrogen-bond donors (Lipinski definition) is 1. The summed E-state index contributed by atoms with van der Waals surface area (Å²) in [6, 6.07) is 22.4. The molecule has 9 heteroatoms. The molecule has 44 heavy (non-hydrogen) atoms. The smallest absolute Gasteiger partial charge is 0.340 e. The summed E-state index contributed by atoms with van der Waals surface area (Å²) in [5.74, 6) is -0.334. The zero-order valence-corrected chi connectivity index (χ0v) is 26.8. The van der Waals surface area contributed by atoms with Gasteiger partial charge in [0.05, 0.1) is 45.2 Å². The summed E-state index contributed by atoms with van der Waals surface area (Å²) in [5.41, 5.74) is 5.14. The van der Waals surface area contributed by atoms with Crippen LogP contribution >= 0.6 is 0 Å². The van der Waals surface area contributed by atoms with Crippen molar-refractivity contribution in [2.24, 2.45) is 0 Å². The lowest BCUT2D eigenvalue weighted by atomic mass is 9.79. The molecule has 3 aromatic rings. The molecule has 0 aromatic heterocycles. The lowest BCUT2D eigenvalue weighted by molar-refractivity contribution is 0.0251. The van der Waals surface area contributed by atoms with Crippen molar-refractivity contribution >= 4 is 23.0 Å². The molecule has 1 aliphatic heterocycles. The Morgan fingerprint density at radius 3 is 1.75 bits per heavy atom. The van der Waals surface area contributed by atoms with Crippen molar-refractivity contribution in [2.45, 2.75) is 18.9 Å². The highest BCUT2D eigenvalue weighted by molar-refractivity contribution is 5.97. The van der Waals surface area contributed by atoms with E-state index in [1.807, 2.05) is 68.3 Å². The average Bonchev–Trinajstić information content (AvgIpc) is 3.34. The third-order valence-electron chi connectivity index (χ3n) is 7.76. The van der Waals surface area contributed by atoms with Crippen LogP contribution in [-0.4, -0.2) is 98.6 Å². The van der Waals surface area contributed by atoms with Gasteiger partial charge in [0.2, 0.25) is 0 Å². The first-order valence-corrected chi connectivity index (χ1v) is 15.3. The zero-order chi connectivity index (χ0) is 31.5. The summed E-state index contributed by atoms with van der Waals surface area (Å²) in [6.45, 7) is 6.58. The second-order valence-electron chi connectivity index (χ2n) is 11.2. The second kappa shape index (κ2) is 15.9. The lowest BCUT2D eigenvalue weighted by Gasteiger charge is -2.32. The van der Waals surface area contributed by atoms with Crippen molar-refractivity contribution in [1.82, 2.24) is 0 Å². The molecule has 1 atom stereocenters. The highest BCUT2D eigenvalue weighted by Gasteiger charge is 2.48. The predicted molar refractivity (Wildman–Crippen MR) is 175 cm³/mol. The van der Waals surface area contributed by atoms with Crippen LogP contribution in [0.1, 0.15) is 40.4 Å². The highest BCUT2D eigenvalue weighted by Crippen LogP contribution is 2.48. The quantitative estimate of drug-likeness (QED) is 0.166. The lowest BCUT2D eigenvalue weighted by Crippen LogP contribution is -2.32. The summed E-state index contributed by atoms with van der Waals surface area (Å²) in [7, 11) is 7.94.